The van der Waals surface area contributed by atoms with Crippen LogP contribution < -0.4 is 22.7 Å². The van der Waals surface area contributed by atoms with Crippen molar-refractivity contribution in [1.82, 2.24) is 9.55 Å². The van der Waals surface area contributed by atoms with Crippen molar-refractivity contribution in [2.75, 3.05) is 0 Å². The van der Waals surface area contributed by atoms with Crippen molar-refractivity contribution >= 4 is 11.7 Å². The minimum atomic E-state index is -0.788. The lowest BCUT2D eigenvalue weighted by molar-refractivity contribution is 0.429. The molecule has 9 nitrogen and oxygen atoms in total. The van der Waals surface area contributed by atoms with Crippen LogP contribution in [-0.4, -0.2) is 26.3 Å². The molecule has 1 aromatic carbocycles. The Hall–Kier alpha value is -3.36. The van der Waals surface area contributed by atoms with Crippen LogP contribution in [-0.2, 0) is 0 Å². The quantitative estimate of drug-likeness (QED) is 0.343. The van der Waals surface area contributed by atoms with Gasteiger partial charge in [0, 0.05) is 0 Å². The summed E-state index contributed by atoms with van der Waals surface area (Å²) in [6.45, 7) is 3.20. The third kappa shape index (κ3) is 3.12. The average Bonchev–Trinajstić information content (AvgIpc) is 2.46. The van der Waals surface area contributed by atoms with Crippen molar-refractivity contribution in [3.8, 4) is 11.6 Å². The summed E-state index contributed by atoms with van der Waals surface area (Å²) in [5, 5.41) is 17.5. The number of nitrogens with one attached hydrogen (secondary N) is 1. The summed E-state index contributed by atoms with van der Waals surface area (Å²) in [6, 6.07) is 6.91. The third-order valence-corrected chi connectivity index (χ3v) is 3.12. The maximum Gasteiger partial charge on any atom is 0.335 e. The van der Waals surface area contributed by atoms with Gasteiger partial charge in [0.15, 0.2) is 0 Å². The number of hydrogen-bond acceptors (Lipinski definition) is 5. The maximum atomic E-state index is 12.1. The van der Waals surface area contributed by atoms with Crippen molar-refractivity contribution in [1.29, 1.82) is 0 Å². The number of benzene rings is 1. The molecule has 0 spiro atoms. The van der Waals surface area contributed by atoms with Crippen molar-refractivity contribution in [2.24, 2.45) is 21.7 Å². The van der Waals surface area contributed by atoms with Gasteiger partial charge in [-0.1, -0.05) is 18.2 Å². The number of aryl methyl sites for hydroxylation is 1. The fraction of sp³-hybridized carbons (Fsp3) is 0.143. The first-order valence-electron chi connectivity index (χ1n) is 6.60. The molecule has 2 rings (SSSR count). The van der Waals surface area contributed by atoms with Crippen LogP contribution in [0.2, 0.25) is 0 Å². The van der Waals surface area contributed by atoms with E-state index in [4.69, 9.17) is 11.5 Å². The van der Waals surface area contributed by atoms with Gasteiger partial charge in [-0.2, -0.15) is 5.10 Å². The standard InChI is InChI=1S/C14H16N6O3/c1-7-5-3-4-6-9(7)20-12(22)10(11(21)17-14(20)23)8(2)18-19-13(15)16/h3-6,22H,1-2H3,(H4,15,16,19)(H,17,21,23)/b18-8+. The van der Waals surface area contributed by atoms with Gasteiger partial charge in [0.05, 0.1) is 11.4 Å². The largest absolute Gasteiger partial charge is 0.493 e. The molecule has 0 bridgehead atoms. The Morgan fingerprint density at radius 3 is 2.48 bits per heavy atom. The van der Waals surface area contributed by atoms with Crippen molar-refractivity contribution < 1.29 is 5.11 Å². The van der Waals surface area contributed by atoms with E-state index in [-0.39, 0.29) is 17.2 Å². The maximum absolute atomic E-state index is 12.1. The molecule has 120 valence electrons. The molecule has 0 fully saturated rings. The van der Waals surface area contributed by atoms with Gasteiger partial charge in [0.25, 0.3) is 5.56 Å². The molecular weight excluding hydrogens is 300 g/mol. The predicted molar refractivity (Wildman–Crippen MR) is 87.1 cm³/mol. The van der Waals surface area contributed by atoms with Crippen LogP contribution in [0.5, 0.6) is 5.88 Å². The third-order valence-electron chi connectivity index (χ3n) is 3.12. The van der Waals surface area contributed by atoms with Gasteiger partial charge in [-0.05, 0) is 25.5 Å². The smallest absolute Gasteiger partial charge is 0.335 e. The molecule has 0 saturated carbocycles. The average molecular weight is 316 g/mol. The lowest BCUT2D eigenvalue weighted by Gasteiger charge is -2.12. The monoisotopic (exact) mass is 316 g/mol. The van der Waals surface area contributed by atoms with Gasteiger partial charge in [-0.25, -0.2) is 9.36 Å². The van der Waals surface area contributed by atoms with Crippen LogP contribution in [0.1, 0.15) is 18.1 Å². The van der Waals surface area contributed by atoms with Crippen LogP contribution in [0, 0.1) is 6.92 Å². The molecule has 6 N–H and O–H groups in total. The normalized spacial score (nSPS) is 11.3. The molecule has 23 heavy (non-hydrogen) atoms. The van der Waals surface area contributed by atoms with E-state index in [0.29, 0.717) is 5.69 Å². The van der Waals surface area contributed by atoms with Gasteiger partial charge >= 0.3 is 5.69 Å². The fourth-order valence-electron chi connectivity index (χ4n) is 2.07. The molecule has 2 aromatic rings. The highest BCUT2D eigenvalue weighted by Gasteiger charge is 2.18. The van der Waals surface area contributed by atoms with Crippen LogP contribution in [0.4, 0.5) is 0 Å². The number of para-hydroxylation sites is 1. The highest BCUT2D eigenvalue weighted by molar-refractivity contribution is 6.00. The minimum absolute atomic E-state index is 0.0551. The second-order valence-corrected chi connectivity index (χ2v) is 4.79. The molecule has 0 amide bonds. The summed E-state index contributed by atoms with van der Waals surface area (Å²) < 4.78 is 0.987. The minimum Gasteiger partial charge on any atom is -0.493 e. The Balaban J connectivity index is 2.78. The summed E-state index contributed by atoms with van der Waals surface area (Å²) in [5.41, 5.74) is 9.83. The Labute approximate surface area is 130 Å². The van der Waals surface area contributed by atoms with Gasteiger partial charge in [0.2, 0.25) is 11.8 Å². The second kappa shape index (κ2) is 6.18. The zero-order valence-corrected chi connectivity index (χ0v) is 12.6. The zero-order valence-electron chi connectivity index (χ0n) is 12.6. The Bertz CT molecular complexity index is 919. The van der Waals surface area contributed by atoms with E-state index >= 15 is 0 Å². The van der Waals surface area contributed by atoms with Crippen LogP contribution >= 0.6 is 0 Å². The molecule has 0 aliphatic rings. The molecule has 1 heterocycles. The number of aromatic hydroxyl groups is 1. The Morgan fingerprint density at radius 1 is 1.22 bits per heavy atom. The molecule has 0 aliphatic carbocycles. The number of aromatic nitrogens is 2. The van der Waals surface area contributed by atoms with E-state index < -0.39 is 17.1 Å². The molecule has 0 saturated heterocycles. The molecule has 1 aromatic heterocycles. The first-order chi connectivity index (χ1) is 10.8. The second-order valence-electron chi connectivity index (χ2n) is 4.79. The number of guanidine groups is 1. The number of H-pyrrole nitrogens is 1. The first kappa shape index (κ1) is 16.0. The van der Waals surface area contributed by atoms with Crippen molar-refractivity contribution in [3.05, 3.63) is 56.2 Å². The molecule has 0 atom stereocenters. The van der Waals surface area contributed by atoms with E-state index in [2.05, 4.69) is 15.2 Å². The zero-order chi connectivity index (χ0) is 17.1. The Kier molecular flexibility index (Phi) is 4.30. The van der Waals surface area contributed by atoms with E-state index in [1.54, 1.807) is 31.2 Å². The van der Waals surface area contributed by atoms with Gasteiger partial charge in [0.1, 0.15) is 5.56 Å². The molecular formula is C14H16N6O3. The number of aromatic amines is 1. The van der Waals surface area contributed by atoms with Gasteiger partial charge in [-0.3, -0.25) is 9.78 Å². The van der Waals surface area contributed by atoms with E-state index in [0.717, 1.165) is 10.1 Å². The van der Waals surface area contributed by atoms with E-state index in [1.807, 2.05) is 0 Å². The number of nitrogens with zero attached hydrogens (tertiary/aromatic N) is 3. The molecule has 0 radical (unpaired) electrons. The van der Waals surface area contributed by atoms with Gasteiger partial charge < -0.3 is 16.6 Å². The van der Waals surface area contributed by atoms with Crippen molar-refractivity contribution in [2.45, 2.75) is 13.8 Å². The SMILES string of the molecule is C/C(=N\N=C(N)N)c1c(O)n(-c2ccccc2C)c(=O)[nH]c1=O. The van der Waals surface area contributed by atoms with Crippen molar-refractivity contribution in [3.63, 3.8) is 0 Å². The van der Waals surface area contributed by atoms with E-state index in [9.17, 15) is 14.7 Å². The summed E-state index contributed by atoms with van der Waals surface area (Å²) in [7, 11) is 0. The number of rotatable bonds is 3. The summed E-state index contributed by atoms with van der Waals surface area (Å²) in [6.07, 6.45) is 0. The molecule has 0 aliphatic heterocycles. The number of hydrogen-bond donors (Lipinski definition) is 4. The predicted octanol–water partition coefficient (Wildman–Crippen LogP) is -0.463. The van der Waals surface area contributed by atoms with Crippen LogP contribution in [0.15, 0.2) is 44.1 Å². The van der Waals surface area contributed by atoms with Crippen LogP contribution in [0.3, 0.4) is 0 Å². The summed E-state index contributed by atoms with van der Waals surface area (Å²) in [5.74, 6) is -0.840. The summed E-state index contributed by atoms with van der Waals surface area (Å²) >= 11 is 0. The lowest BCUT2D eigenvalue weighted by atomic mass is 10.1. The number of nitrogens with two attached hydrogens (primary N) is 2. The lowest BCUT2D eigenvalue weighted by Crippen LogP contribution is -2.33. The first-order valence-corrected chi connectivity index (χ1v) is 6.60. The molecule has 0 unspecified atom stereocenters. The molecule has 9 heteroatoms. The van der Waals surface area contributed by atoms with E-state index in [1.165, 1.54) is 6.92 Å². The summed E-state index contributed by atoms with van der Waals surface area (Å²) in [4.78, 5) is 26.2. The highest BCUT2D eigenvalue weighted by Crippen LogP contribution is 2.19. The van der Waals surface area contributed by atoms with Gasteiger partial charge in [-0.15, -0.1) is 5.10 Å². The topological polar surface area (TPSA) is 152 Å². The fourth-order valence-corrected chi connectivity index (χ4v) is 2.07. The highest BCUT2D eigenvalue weighted by atomic mass is 16.3. The Morgan fingerprint density at radius 2 is 1.87 bits per heavy atom. The van der Waals surface area contributed by atoms with Crippen LogP contribution in [0.25, 0.3) is 5.69 Å².